The van der Waals surface area contributed by atoms with Gasteiger partial charge < -0.3 is 10.4 Å². The summed E-state index contributed by atoms with van der Waals surface area (Å²) in [5, 5.41) is 12.4. The molecule has 0 aliphatic rings. The molecule has 1 unspecified atom stereocenters. The molecule has 1 atom stereocenters. The van der Waals surface area contributed by atoms with Crippen molar-refractivity contribution in [2.75, 3.05) is 16.8 Å². The van der Waals surface area contributed by atoms with Crippen molar-refractivity contribution >= 4 is 35.1 Å². The van der Waals surface area contributed by atoms with Crippen molar-refractivity contribution in [1.82, 2.24) is 9.97 Å². The minimum Gasteiger partial charge on any atom is -0.480 e. The molecule has 0 saturated heterocycles. The van der Waals surface area contributed by atoms with Crippen molar-refractivity contribution in [2.24, 2.45) is 0 Å². The summed E-state index contributed by atoms with van der Waals surface area (Å²) in [5.41, 5.74) is 0. The molecule has 0 aromatic carbocycles. The summed E-state index contributed by atoms with van der Waals surface area (Å²) in [7, 11) is 0. The highest BCUT2D eigenvalue weighted by Gasteiger charge is 2.17. The fourth-order valence-electron chi connectivity index (χ4n) is 1.48. The summed E-state index contributed by atoms with van der Waals surface area (Å²) in [6.45, 7) is 3.97. The number of carboxylic acid groups (broad SMARTS) is 1. The lowest BCUT2D eigenvalue weighted by Crippen LogP contribution is -2.30. The van der Waals surface area contributed by atoms with Crippen LogP contribution in [0.4, 0.5) is 5.82 Å². The Morgan fingerprint density at radius 3 is 2.84 bits per heavy atom. The van der Waals surface area contributed by atoms with Crippen LogP contribution in [0.1, 0.15) is 26.1 Å². The van der Waals surface area contributed by atoms with E-state index in [1.807, 2.05) is 13.8 Å². The molecule has 1 aromatic rings. The topological polar surface area (TPSA) is 75.1 Å². The van der Waals surface area contributed by atoms with Crippen LogP contribution in [0.2, 0.25) is 5.15 Å². The Balaban J connectivity index is 2.72. The van der Waals surface area contributed by atoms with Crippen LogP contribution in [0.3, 0.4) is 0 Å². The molecule has 0 saturated carbocycles. The number of nitrogens with zero attached hydrogens (tertiary/aromatic N) is 2. The number of hydrogen-bond donors (Lipinski definition) is 2. The fraction of sp³-hybridized carbons (Fsp3) is 0.583. The maximum absolute atomic E-state index is 11.2. The Morgan fingerprint density at radius 1 is 1.53 bits per heavy atom. The van der Waals surface area contributed by atoms with Gasteiger partial charge in [-0.05, 0) is 17.9 Å². The average molecular weight is 304 g/mol. The third-order valence-electron chi connectivity index (χ3n) is 2.43. The van der Waals surface area contributed by atoms with Crippen molar-refractivity contribution in [3.63, 3.8) is 0 Å². The van der Waals surface area contributed by atoms with Gasteiger partial charge in [0.2, 0.25) is 0 Å². The molecular weight excluding hydrogens is 286 g/mol. The van der Waals surface area contributed by atoms with Crippen LogP contribution in [0, 0.1) is 0 Å². The number of anilines is 1. The number of carboxylic acids is 1. The van der Waals surface area contributed by atoms with E-state index >= 15 is 0 Å². The van der Waals surface area contributed by atoms with Gasteiger partial charge >= 0.3 is 5.97 Å². The molecule has 19 heavy (non-hydrogen) atoms. The molecule has 0 amide bonds. The summed E-state index contributed by atoms with van der Waals surface area (Å²) in [4.78, 5) is 19.5. The number of halogens is 1. The summed E-state index contributed by atoms with van der Waals surface area (Å²) in [6, 6.07) is 0.888. The minimum atomic E-state index is -0.885. The molecule has 0 spiro atoms. The summed E-state index contributed by atoms with van der Waals surface area (Å²) < 4.78 is 0. The van der Waals surface area contributed by atoms with E-state index in [0.29, 0.717) is 29.6 Å². The van der Waals surface area contributed by atoms with Crippen LogP contribution in [-0.4, -0.2) is 38.6 Å². The van der Waals surface area contributed by atoms with Gasteiger partial charge in [0, 0.05) is 12.5 Å². The number of hydrogen-bond acceptors (Lipinski definition) is 5. The summed E-state index contributed by atoms with van der Waals surface area (Å²) >= 11 is 7.59. The van der Waals surface area contributed by atoms with Crippen LogP contribution >= 0.6 is 23.4 Å². The molecule has 1 aromatic heterocycles. The first-order valence-electron chi connectivity index (χ1n) is 6.17. The van der Waals surface area contributed by atoms with E-state index in [0.717, 1.165) is 11.5 Å². The van der Waals surface area contributed by atoms with Gasteiger partial charge in [0.1, 0.15) is 22.8 Å². The number of aliphatic carboxylic acids is 1. The van der Waals surface area contributed by atoms with Crippen molar-refractivity contribution < 1.29 is 9.90 Å². The molecule has 0 aliphatic carbocycles. The first kappa shape index (κ1) is 16.0. The number of aryl methyl sites for hydroxylation is 1. The molecule has 0 fully saturated rings. The van der Waals surface area contributed by atoms with E-state index in [2.05, 4.69) is 15.3 Å². The van der Waals surface area contributed by atoms with Gasteiger partial charge in [-0.3, -0.25) is 0 Å². The van der Waals surface area contributed by atoms with Gasteiger partial charge in [-0.2, -0.15) is 11.8 Å². The second-order valence-electron chi connectivity index (χ2n) is 3.87. The Labute approximate surface area is 122 Å². The normalized spacial score (nSPS) is 12.2. The van der Waals surface area contributed by atoms with E-state index in [1.165, 1.54) is 0 Å². The van der Waals surface area contributed by atoms with Gasteiger partial charge in [-0.25, -0.2) is 14.8 Å². The zero-order chi connectivity index (χ0) is 14.3. The maximum Gasteiger partial charge on any atom is 0.326 e. The van der Waals surface area contributed by atoms with Gasteiger partial charge in [0.05, 0.1) is 0 Å². The van der Waals surface area contributed by atoms with Crippen LogP contribution in [0.5, 0.6) is 0 Å². The predicted molar refractivity (Wildman–Crippen MR) is 79.1 cm³/mol. The monoisotopic (exact) mass is 303 g/mol. The van der Waals surface area contributed by atoms with Crippen LogP contribution in [0.25, 0.3) is 0 Å². The van der Waals surface area contributed by atoms with Crippen LogP contribution in [-0.2, 0) is 11.2 Å². The van der Waals surface area contributed by atoms with Crippen molar-refractivity contribution in [3.8, 4) is 0 Å². The number of nitrogens with one attached hydrogen (secondary N) is 1. The van der Waals surface area contributed by atoms with Crippen molar-refractivity contribution in [2.45, 2.75) is 32.7 Å². The van der Waals surface area contributed by atoms with E-state index in [1.54, 1.807) is 17.8 Å². The smallest absolute Gasteiger partial charge is 0.326 e. The number of rotatable bonds is 8. The molecule has 7 heteroatoms. The van der Waals surface area contributed by atoms with Gasteiger partial charge in [0.15, 0.2) is 0 Å². The van der Waals surface area contributed by atoms with E-state index < -0.39 is 12.0 Å². The van der Waals surface area contributed by atoms with Crippen molar-refractivity contribution in [1.29, 1.82) is 0 Å². The lowest BCUT2D eigenvalue weighted by molar-refractivity contribution is -0.137. The third kappa shape index (κ3) is 5.65. The quantitative estimate of drug-likeness (QED) is 0.568. The molecule has 106 valence electrons. The zero-order valence-corrected chi connectivity index (χ0v) is 12.6. The van der Waals surface area contributed by atoms with Gasteiger partial charge in [-0.1, -0.05) is 25.4 Å². The standard InChI is InChI=1S/C12H18ClN3O2S/c1-3-10-15-9(13)7-11(16-10)14-8(12(17)18)5-6-19-4-2/h7-8H,3-6H2,1-2H3,(H,17,18)(H,14,15,16). The molecule has 2 N–H and O–H groups in total. The molecule has 0 aliphatic heterocycles. The van der Waals surface area contributed by atoms with Crippen LogP contribution in [0.15, 0.2) is 6.07 Å². The summed E-state index contributed by atoms with van der Waals surface area (Å²) in [6.07, 6.45) is 1.19. The third-order valence-corrected chi connectivity index (χ3v) is 3.56. The maximum atomic E-state index is 11.2. The second kappa shape index (κ2) is 8.22. The molecular formula is C12H18ClN3O2S. The van der Waals surface area contributed by atoms with Gasteiger partial charge in [-0.15, -0.1) is 0 Å². The van der Waals surface area contributed by atoms with Crippen molar-refractivity contribution in [3.05, 3.63) is 17.0 Å². The highest BCUT2D eigenvalue weighted by Crippen LogP contribution is 2.15. The summed E-state index contributed by atoms with van der Waals surface area (Å²) in [5.74, 6) is 1.95. The number of aromatic nitrogens is 2. The average Bonchev–Trinajstić information content (AvgIpc) is 2.37. The first-order valence-corrected chi connectivity index (χ1v) is 7.70. The SMILES string of the molecule is CCSCCC(Nc1cc(Cl)nc(CC)n1)C(=O)O. The predicted octanol–water partition coefficient (Wildman–Crippen LogP) is 2.70. The Morgan fingerprint density at radius 2 is 2.26 bits per heavy atom. The largest absolute Gasteiger partial charge is 0.480 e. The van der Waals surface area contributed by atoms with Gasteiger partial charge in [0.25, 0.3) is 0 Å². The fourth-order valence-corrected chi connectivity index (χ4v) is 2.37. The Hall–Kier alpha value is -1.01. The molecule has 0 radical (unpaired) electrons. The molecule has 1 heterocycles. The highest BCUT2D eigenvalue weighted by molar-refractivity contribution is 7.99. The second-order valence-corrected chi connectivity index (χ2v) is 5.65. The highest BCUT2D eigenvalue weighted by atomic mass is 35.5. The lowest BCUT2D eigenvalue weighted by Gasteiger charge is -2.15. The molecule has 0 bridgehead atoms. The number of thioether (sulfide) groups is 1. The molecule has 1 rings (SSSR count). The lowest BCUT2D eigenvalue weighted by atomic mass is 10.2. The zero-order valence-electron chi connectivity index (χ0n) is 11.0. The van der Waals surface area contributed by atoms with E-state index in [9.17, 15) is 9.90 Å². The minimum absolute atomic E-state index is 0.321. The molecule has 5 nitrogen and oxygen atoms in total. The van der Waals surface area contributed by atoms with E-state index in [-0.39, 0.29) is 0 Å². The van der Waals surface area contributed by atoms with E-state index in [4.69, 9.17) is 11.6 Å². The number of carbonyl (C=O) groups is 1. The first-order chi connectivity index (χ1) is 9.06. The Kier molecular flexibility index (Phi) is 6.94. The van der Waals surface area contributed by atoms with Crippen LogP contribution < -0.4 is 5.32 Å². The Bertz CT molecular complexity index is 431.